The van der Waals surface area contributed by atoms with E-state index in [1.54, 1.807) is 33.9 Å². The average Bonchev–Trinajstić information content (AvgIpc) is 2.60. The van der Waals surface area contributed by atoms with Crippen LogP contribution in [0.5, 0.6) is 0 Å². The number of aryl methyl sites for hydroxylation is 2. The Bertz CT molecular complexity index is 847. The summed E-state index contributed by atoms with van der Waals surface area (Å²) in [5, 5.41) is 0. The van der Waals surface area contributed by atoms with Crippen molar-refractivity contribution < 1.29 is 8.42 Å². The Morgan fingerprint density at radius 3 is 2.64 bits per heavy atom. The number of sulfonamides is 1. The van der Waals surface area contributed by atoms with E-state index in [1.807, 2.05) is 6.08 Å². The van der Waals surface area contributed by atoms with Crippen molar-refractivity contribution in [3.05, 3.63) is 63.4 Å². The quantitative estimate of drug-likeness (QED) is 0.755. The number of benzene rings is 1. The minimum absolute atomic E-state index is 0.404. The number of allylic oxidation sites excluding steroid dienone is 3. The van der Waals surface area contributed by atoms with Crippen LogP contribution >= 0.6 is 23.5 Å². The highest BCUT2D eigenvalue weighted by Crippen LogP contribution is 2.40. The molecule has 1 fully saturated rings. The van der Waals surface area contributed by atoms with Gasteiger partial charge in [-0.25, -0.2) is 8.42 Å². The van der Waals surface area contributed by atoms with E-state index >= 15 is 0 Å². The van der Waals surface area contributed by atoms with Crippen molar-refractivity contribution >= 4 is 33.5 Å². The summed E-state index contributed by atoms with van der Waals surface area (Å²) in [5.41, 5.74) is 3.18. The Morgan fingerprint density at radius 2 is 1.92 bits per heavy atom. The number of thioether (sulfide) groups is 2. The van der Waals surface area contributed by atoms with Crippen molar-refractivity contribution in [1.82, 2.24) is 4.31 Å². The van der Waals surface area contributed by atoms with Gasteiger partial charge in [0, 0.05) is 34.4 Å². The predicted octanol–water partition coefficient (Wildman–Crippen LogP) is 4.50. The van der Waals surface area contributed by atoms with Gasteiger partial charge in [0.15, 0.2) is 0 Å². The molecule has 0 N–H and O–H groups in total. The first-order chi connectivity index (χ1) is 11.9. The normalized spacial score (nSPS) is 19.5. The molecule has 2 aliphatic rings. The van der Waals surface area contributed by atoms with Gasteiger partial charge >= 0.3 is 0 Å². The molecule has 0 unspecified atom stereocenters. The lowest BCUT2D eigenvalue weighted by atomic mass is 10.1. The smallest absolute Gasteiger partial charge is 0.207 e. The van der Waals surface area contributed by atoms with E-state index in [0.29, 0.717) is 24.4 Å². The van der Waals surface area contributed by atoms with Crippen molar-refractivity contribution in [2.24, 2.45) is 0 Å². The molecule has 0 bridgehead atoms. The van der Waals surface area contributed by atoms with Crippen molar-refractivity contribution in [3.63, 3.8) is 0 Å². The van der Waals surface area contributed by atoms with Crippen LogP contribution in [0.1, 0.15) is 17.5 Å². The SMILES string of the molecule is C=C1C=C(S(=O)(=O)N2CCSCC2)C(Sc2cc(C)ccc2C)=CC1. The number of hydrogen-bond acceptors (Lipinski definition) is 4. The Hall–Kier alpha value is -0.950. The molecule has 1 aliphatic carbocycles. The summed E-state index contributed by atoms with van der Waals surface area (Å²) < 4.78 is 28.0. The molecule has 1 aromatic carbocycles. The lowest BCUT2D eigenvalue weighted by Gasteiger charge is -2.28. The van der Waals surface area contributed by atoms with E-state index in [2.05, 4.69) is 38.6 Å². The van der Waals surface area contributed by atoms with Gasteiger partial charge in [0.05, 0.1) is 4.91 Å². The fourth-order valence-electron chi connectivity index (χ4n) is 2.80. The van der Waals surface area contributed by atoms with Gasteiger partial charge in [0.1, 0.15) is 0 Å². The summed E-state index contributed by atoms with van der Waals surface area (Å²) in [7, 11) is -3.48. The van der Waals surface area contributed by atoms with Crippen LogP contribution in [0.25, 0.3) is 0 Å². The van der Waals surface area contributed by atoms with Gasteiger partial charge in [0.2, 0.25) is 10.0 Å². The third-order valence-electron chi connectivity index (χ3n) is 4.28. The van der Waals surface area contributed by atoms with E-state index in [0.717, 1.165) is 32.4 Å². The van der Waals surface area contributed by atoms with Gasteiger partial charge in [-0.3, -0.25) is 0 Å². The lowest BCUT2D eigenvalue weighted by molar-refractivity contribution is 0.449. The first-order valence-electron chi connectivity index (χ1n) is 8.31. The number of hydrogen-bond donors (Lipinski definition) is 0. The summed E-state index contributed by atoms with van der Waals surface area (Å²) in [6.45, 7) is 9.26. The largest absolute Gasteiger partial charge is 0.244 e. The molecule has 1 heterocycles. The maximum atomic E-state index is 13.2. The summed E-state index contributed by atoms with van der Waals surface area (Å²) >= 11 is 3.35. The molecule has 1 aliphatic heterocycles. The molecule has 134 valence electrons. The molecule has 1 saturated heterocycles. The van der Waals surface area contributed by atoms with Crippen molar-refractivity contribution in [1.29, 1.82) is 0 Å². The third-order valence-corrected chi connectivity index (χ3v) is 8.56. The fraction of sp³-hybridized carbons (Fsp3) is 0.368. The van der Waals surface area contributed by atoms with Crippen molar-refractivity contribution in [3.8, 4) is 0 Å². The second-order valence-corrected chi connectivity index (χ2v) is 10.5. The molecule has 6 heteroatoms. The van der Waals surface area contributed by atoms with Crippen LogP contribution in [-0.2, 0) is 10.0 Å². The van der Waals surface area contributed by atoms with E-state index in [9.17, 15) is 8.42 Å². The van der Waals surface area contributed by atoms with Crippen LogP contribution in [0.4, 0.5) is 0 Å². The minimum Gasteiger partial charge on any atom is -0.207 e. The summed E-state index contributed by atoms with van der Waals surface area (Å²) in [6.07, 6.45) is 4.45. The molecular weight excluding hydrogens is 370 g/mol. The molecular formula is C19H23NO2S3. The first kappa shape index (κ1) is 18.8. The van der Waals surface area contributed by atoms with E-state index < -0.39 is 10.0 Å². The highest BCUT2D eigenvalue weighted by atomic mass is 32.2. The van der Waals surface area contributed by atoms with Crippen LogP contribution in [-0.4, -0.2) is 37.3 Å². The van der Waals surface area contributed by atoms with Gasteiger partial charge in [-0.1, -0.05) is 36.5 Å². The molecule has 1 aromatic rings. The second kappa shape index (κ2) is 7.74. The summed E-state index contributed by atoms with van der Waals surface area (Å²) in [6, 6.07) is 6.28. The Morgan fingerprint density at radius 1 is 1.20 bits per heavy atom. The van der Waals surface area contributed by atoms with Gasteiger partial charge in [-0.2, -0.15) is 16.1 Å². The van der Waals surface area contributed by atoms with Crippen LogP contribution in [0.3, 0.4) is 0 Å². The maximum absolute atomic E-state index is 13.2. The Kier molecular flexibility index (Phi) is 5.83. The Labute approximate surface area is 159 Å². The predicted molar refractivity (Wildman–Crippen MR) is 110 cm³/mol. The van der Waals surface area contributed by atoms with E-state index in [-0.39, 0.29) is 0 Å². The fourth-order valence-corrected chi connectivity index (χ4v) is 7.00. The third kappa shape index (κ3) is 4.25. The van der Waals surface area contributed by atoms with E-state index in [4.69, 9.17) is 0 Å². The maximum Gasteiger partial charge on any atom is 0.244 e. The van der Waals surface area contributed by atoms with Gasteiger partial charge in [0.25, 0.3) is 0 Å². The van der Waals surface area contributed by atoms with E-state index in [1.165, 1.54) is 5.56 Å². The average molecular weight is 394 g/mol. The Balaban J connectivity index is 1.94. The summed E-state index contributed by atoms with van der Waals surface area (Å²) in [5.74, 6) is 1.72. The van der Waals surface area contributed by atoms with Gasteiger partial charge in [-0.05, 0) is 49.1 Å². The van der Waals surface area contributed by atoms with Gasteiger partial charge < -0.3 is 0 Å². The van der Waals surface area contributed by atoms with Crippen LogP contribution in [0.2, 0.25) is 0 Å². The zero-order valence-corrected chi connectivity index (χ0v) is 17.1. The zero-order valence-electron chi connectivity index (χ0n) is 14.6. The lowest BCUT2D eigenvalue weighted by Crippen LogP contribution is -2.38. The van der Waals surface area contributed by atoms with Crippen LogP contribution in [0.15, 0.2) is 57.2 Å². The number of rotatable bonds is 4. The molecule has 0 saturated carbocycles. The molecule has 0 amide bonds. The van der Waals surface area contributed by atoms with Gasteiger partial charge in [-0.15, -0.1) is 0 Å². The highest BCUT2D eigenvalue weighted by Gasteiger charge is 2.32. The number of nitrogens with zero attached hydrogens (tertiary/aromatic N) is 1. The topological polar surface area (TPSA) is 37.4 Å². The molecule has 3 nitrogen and oxygen atoms in total. The molecule has 0 spiro atoms. The minimum atomic E-state index is -3.48. The highest BCUT2D eigenvalue weighted by molar-refractivity contribution is 8.05. The summed E-state index contributed by atoms with van der Waals surface area (Å²) in [4.78, 5) is 2.33. The molecule has 25 heavy (non-hydrogen) atoms. The standard InChI is InChI=1S/C19H23NO2S3/c1-14-4-6-16(3)18(12-14)24-17-7-5-15(2)13-19(17)25(21,22)20-8-10-23-11-9-20/h4,6-7,12-13H,2,5,8-11H2,1,3H3. The van der Waals surface area contributed by atoms with Crippen molar-refractivity contribution in [2.45, 2.75) is 25.2 Å². The van der Waals surface area contributed by atoms with Crippen LogP contribution in [0, 0.1) is 13.8 Å². The molecule has 3 rings (SSSR count). The molecule has 0 atom stereocenters. The van der Waals surface area contributed by atoms with Crippen molar-refractivity contribution in [2.75, 3.05) is 24.6 Å². The van der Waals surface area contributed by atoms with Crippen LogP contribution < -0.4 is 0 Å². The second-order valence-electron chi connectivity index (χ2n) is 6.33. The zero-order chi connectivity index (χ0) is 18.0. The molecule has 0 aromatic heterocycles. The monoisotopic (exact) mass is 393 g/mol. The first-order valence-corrected chi connectivity index (χ1v) is 11.7. The molecule has 0 radical (unpaired) electrons.